The van der Waals surface area contributed by atoms with Gasteiger partial charge < -0.3 is 4.79 Å². The lowest BCUT2D eigenvalue weighted by molar-refractivity contribution is -0.107. The zero-order chi connectivity index (χ0) is 12.9. The van der Waals surface area contributed by atoms with Crippen molar-refractivity contribution in [3.63, 3.8) is 0 Å². The van der Waals surface area contributed by atoms with Gasteiger partial charge in [0, 0.05) is 5.56 Å². The normalized spacial score (nSPS) is 10.8. The molecule has 4 heteroatoms. The van der Waals surface area contributed by atoms with E-state index in [9.17, 15) is 13.2 Å². The number of carbonyl (C=O) groups excluding carboxylic acids is 1. The molecule has 0 bridgehead atoms. The fraction of sp³-hybridized carbons (Fsp3) is 0.308. The Morgan fingerprint density at radius 2 is 2.06 bits per heavy atom. The molecular weight excluding hydrogens is 236 g/mol. The average molecular weight is 250 g/mol. The van der Waals surface area contributed by atoms with Crippen molar-refractivity contribution >= 4 is 16.1 Å². The third-order valence-electron chi connectivity index (χ3n) is 2.20. The summed E-state index contributed by atoms with van der Waals surface area (Å²) < 4.78 is 23.8. The topological polar surface area (TPSA) is 51.2 Å². The van der Waals surface area contributed by atoms with E-state index in [1.165, 1.54) is 6.07 Å². The molecule has 0 aliphatic carbocycles. The highest BCUT2D eigenvalue weighted by Gasteiger charge is 2.18. The van der Waals surface area contributed by atoms with E-state index in [2.05, 4.69) is 11.8 Å². The minimum Gasteiger partial charge on any atom is -0.302 e. The van der Waals surface area contributed by atoms with Crippen molar-refractivity contribution in [2.45, 2.75) is 30.4 Å². The van der Waals surface area contributed by atoms with Crippen molar-refractivity contribution in [2.24, 2.45) is 0 Å². The maximum Gasteiger partial charge on any atom is 0.180 e. The van der Waals surface area contributed by atoms with Crippen LogP contribution in [0.3, 0.4) is 0 Å². The zero-order valence-corrected chi connectivity index (χ0v) is 10.6. The summed E-state index contributed by atoms with van der Waals surface area (Å²) >= 11 is 0. The van der Waals surface area contributed by atoms with Crippen LogP contribution in [0.25, 0.3) is 0 Å². The summed E-state index contributed by atoms with van der Waals surface area (Å²) in [6.45, 7) is 3.28. The van der Waals surface area contributed by atoms with E-state index in [-0.39, 0.29) is 11.3 Å². The van der Waals surface area contributed by atoms with Crippen LogP contribution in [0, 0.1) is 11.8 Å². The van der Waals surface area contributed by atoms with Gasteiger partial charge in [-0.15, -0.1) is 0 Å². The Kier molecular flexibility index (Phi) is 4.47. The zero-order valence-electron chi connectivity index (χ0n) is 9.80. The first-order valence-corrected chi connectivity index (χ1v) is 6.79. The second-order valence-corrected chi connectivity index (χ2v) is 6.30. The molecule has 1 aromatic carbocycles. The maximum atomic E-state index is 11.9. The predicted octanol–water partition coefficient (Wildman–Crippen LogP) is 1.81. The van der Waals surface area contributed by atoms with Crippen LogP contribution in [0.15, 0.2) is 29.2 Å². The van der Waals surface area contributed by atoms with E-state index in [0.29, 0.717) is 11.8 Å². The number of carbonyl (C=O) groups is 1. The molecule has 0 aliphatic rings. The Hall–Kier alpha value is -1.60. The fourth-order valence-corrected chi connectivity index (χ4v) is 2.32. The molecule has 1 rings (SSSR count). The number of sulfone groups is 1. The molecule has 0 unspecified atom stereocenters. The SMILES string of the molecule is CC(C)S(=O)(=O)c1cccc(C#CCC=O)c1. The molecule has 0 spiro atoms. The summed E-state index contributed by atoms with van der Waals surface area (Å²) in [5, 5.41) is -0.458. The average Bonchev–Trinajstić information content (AvgIpc) is 2.29. The summed E-state index contributed by atoms with van der Waals surface area (Å²) in [4.78, 5) is 10.4. The summed E-state index contributed by atoms with van der Waals surface area (Å²) in [6, 6.07) is 6.46. The smallest absolute Gasteiger partial charge is 0.180 e. The molecule has 0 atom stereocenters. The number of hydrogen-bond donors (Lipinski definition) is 0. The quantitative estimate of drug-likeness (QED) is 0.607. The molecule has 17 heavy (non-hydrogen) atoms. The lowest BCUT2D eigenvalue weighted by atomic mass is 10.2. The molecule has 0 amide bonds. The van der Waals surface area contributed by atoms with Crippen LogP contribution in [0.5, 0.6) is 0 Å². The third-order valence-corrected chi connectivity index (χ3v) is 4.35. The van der Waals surface area contributed by atoms with E-state index in [4.69, 9.17) is 0 Å². The number of rotatable bonds is 3. The van der Waals surface area contributed by atoms with Gasteiger partial charge in [-0.3, -0.25) is 0 Å². The number of aldehydes is 1. The van der Waals surface area contributed by atoms with Gasteiger partial charge in [-0.1, -0.05) is 17.9 Å². The summed E-state index contributed by atoms with van der Waals surface area (Å²) in [5.74, 6) is 5.40. The lowest BCUT2D eigenvalue weighted by Crippen LogP contribution is -2.13. The molecule has 0 aliphatic heterocycles. The van der Waals surface area contributed by atoms with Crippen LogP contribution < -0.4 is 0 Å². The first-order chi connectivity index (χ1) is 7.98. The van der Waals surface area contributed by atoms with Crippen molar-refractivity contribution < 1.29 is 13.2 Å². The first-order valence-electron chi connectivity index (χ1n) is 5.25. The highest BCUT2D eigenvalue weighted by Crippen LogP contribution is 2.16. The minimum absolute atomic E-state index is 0.154. The summed E-state index contributed by atoms with van der Waals surface area (Å²) in [7, 11) is -3.27. The Balaban J connectivity index is 3.11. The van der Waals surface area contributed by atoms with E-state index in [1.54, 1.807) is 32.0 Å². The molecule has 0 fully saturated rings. The molecule has 0 radical (unpaired) electrons. The van der Waals surface area contributed by atoms with Crippen molar-refractivity contribution in [3.05, 3.63) is 29.8 Å². The summed E-state index contributed by atoms with van der Waals surface area (Å²) in [5.41, 5.74) is 0.605. The van der Waals surface area contributed by atoms with Crippen LogP contribution in [0.2, 0.25) is 0 Å². The van der Waals surface area contributed by atoms with Gasteiger partial charge in [0.05, 0.1) is 16.6 Å². The molecule has 0 saturated heterocycles. The third kappa shape index (κ3) is 3.43. The van der Waals surface area contributed by atoms with Crippen molar-refractivity contribution in [3.8, 4) is 11.8 Å². The maximum absolute atomic E-state index is 11.9. The van der Waals surface area contributed by atoms with Gasteiger partial charge in [0.25, 0.3) is 0 Å². The monoisotopic (exact) mass is 250 g/mol. The van der Waals surface area contributed by atoms with Crippen molar-refractivity contribution in [1.29, 1.82) is 0 Å². The van der Waals surface area contributed by atoms with Gasteiger partial charge >= 0.3 is 0 Å². The highest BCUT2D eigenvalue weighted by atomic mass is 32.2. The van der Waals surface area contributed by atoms with Crippen LogP contribution in [0.1, 0.15) is 25.8 Å². The number of hydrogen-bond acceptors (Lipinski definition) is 3. The Bertz CT molecular complexity index is 560. The van der Waals surface area contributed by atoms with Crippen molar-refractivity contribution in [1.82, 2.24) is 0 Å². The van der Waals surface area contributed by atoms with E-state index < -0.39 is 15.1 Å². The van der Waals surface area contributed by atoms with Gasteiger partial charge in [0.2, 0.25) is 0 Å². The van der Waals surface area contributed by atoms with Gasteiger partial charge in [-0.05, 0) is 32.0 Å². The van der Waals surface area contributed by atoms with Crippen molar-refractivity contribution in [2.75, 3.05) is 0 Å². The molecule has 0 saturated carbocycles. The van der Waals surface area contributed by atoms with Crippen LogP contribution >= 0.6 is 0 Å². The summed E-state index contributed by atoms with van der Waals surface area (Å²) in [6.07, 6.45) is 0.864. The molecule has 0 heterocycles. The lowest BCUT2D eigenvalue weighted by Gasteiger charge is -2.07. The largest absolute Gasteiger partial charge is 0.302 e. The number of benzene rings is 1. The van der Waals surface area contributed by atoms with Crippen LogP contribution in [0.4, 0.5) is 0 Å². The van der Waals surface area contributed by atoms with Gasteiger partial charge in [0.1, 0.15) is 6.29 Å². The molecule has 1 aromatic rings. The van der Waals surface area contributed by atoms with Gasteiger partial charge in [0.15, 0.2) is 9.84 Å². The van der Waals surface area contributed by atoms with Crippen LogP contribution in [-0.4, -0.2) is 20.0 Å². The van der Waals surface area contributed by atoms with E-state index in [1.807, 2.05) is 0 Å². The van der Waals surface area contributed by atoms with E-state index in [0.717, 1.165) is 0 Å². The minimum atomic E-state index is -3.27. The first kappa shape index (κ1) is 13.5. The molecular formula is C13H14O3S. The van der Waals surface area contributed by atoms with Gasteiger partial charge in [-0.25, -0.2) is 8.42 Å². The second kappa shape index (κ2) is 5.65. The molecule has 0 aromatic heterocycles. The Morgan fingerprint density at radius 3 is 2.65 bits per heavy atom. The Labute approximate surface area is 102 Å². The highest BCUT2D eigenvalue weighted by molar-refractivity contribution is 7.92. The van der Waals surface area contributed by atoms with E-state index >= 15 is 0 Å². The van der Waals surface area contributed by atoms with Gasteiger partial charge in [-0.2, -0.15) is 0 Å². The molecule has 0 N–H and O–H groups in total. The second-order valence-electron chi connectivity index (χ2n) is 3.79. The molecule has 90 valence electrons. The Morgan fingerprint density at radius 1 is 1.35 bits per heavy atom. The molecule has 3 nitrogen and oxygen atoms in total. The standard InChI is InChI=1S/C13H14O3S/c1-11(2)17(15,16)13-8-5-7-12(10-13)6-3-4-9-14/h5,7-11H,4H2,1-2H3. The fourth-order valence-electron chi connectivity index (χ4n) is 1.22. The van der Waals surface area contributed by atoms with Crippen LogP contribution in [-0.2, 0) is 14.6 Å². The predicted molar refractivity (Wildman–Crippen MR) is 66.3 cm³/mol.